The molecule has 0 bridgehead atoms. The van der Waals surface area contributed by atoms with Crippen molar-refractivity contribution in [3.8, 4) is 67.5 Å². The van der Waals surface area contributed by atoms with Crippen LogP contribution in [0.25, 0.3) is 93.6 Å². The van der Waals surface area contributed by atoms with E-state index in [-0.39, 0.29) is 16.6 Å². The third-order valence-corrected chi connectivity index (χ3v) is 12.8. The normalized spacial score (nSPS) is 12.2. The molecule has 4 aromatic heterocycles. The first kappa shape index (κ1) is 38.4. The lowest BCUT2D eigenvalue weighted by Gasteiger charge is -2.26. The van der Waals surface area contributed by atoms with E-state index in [1.807, 2.05) is 30.5 Å². The molecule has 0 saturated carbocycles. The Hall–Kier alpha value is -6.82. The van der Waals surface area contributed by atoms with Gasteiger partial charge in [-0.2, -0.15) is 0 Å². The van der Waals surface area contributed by atoms with Gasteiger partial charge in [0.2, 0.25) is 0 Å². The largest absolute Gasteiger partial charge is 0.507 e. The van der Waals surface area contributed by atoms with Crippen LogP contribution in [0.3, 0.4) is 0 Å². The van der Waals surface area contributed by atoms with Gasteiger partial charge in [0.05, 0.1) is 28.1 Å². The number of pyridine rings is 2. The Morgan fingerprint density at radius 3 is 2.02 bits per heavy atom. The molecule has 5 heteroatoms. The molecular formula is C56H47N3OS. The summed E-state index contributed by atoms with van der Waals surface area (Å²) in [5.41, 5.74) is 15.4. The van der Waals surface area contributed by atoms with E-state index in [9.17, 15) is 5.11 Å². The maximum atomic E-state index is 11.1. The molecule has 1 N–H and O–H groups in total. The number of nitrogens with zero attached hydrogens (tertiary/aromatic N) is 3. The third-order valence-electron chi connectivity index (χ3n) is 11.9. The molecule has 10 rings (SSSR count). The maximum Gasteiger partial charge on any atom is 0.124 e. The number of hydrogen-bond donors (Lipinski definition) is 1. The zero-order valence-electron chi connectivity index (χ0n) is 35.4. The molecule has 0 fully saturated rings. The minimum atomic E-state index is -0.0400. The molecule has 0 spiro atoms. The summed E-state index contributed by atoms with van der Waals surface area (Å²) in [4.78, 5) is 10.3. The second kappa shape index (κ2) is 14.7. The van der Waals surface area contributed by atoms with Gasteiger partial charge in [-0.05, 0) is 128 Å². The first-order valence-corrected chi connectivity index (χ1v) is 21.8. The third kappa shape index (κ3) is 7.09. The number of thiophene rings is 1. The topological polar surface area (TPSA) is 50.9 Å². The Labute approximate surface area is 361 Å². The van der Waals surface area contributed by atoms with E-state index < -0.39 is 0 Å². The van der Waals surface area contributed by atoms with Gasteiger partial charge in [0.25, 0.3) is 0 Å². The lowest BCUT2D eigenvalue weighted by Crippen LogP contribution is -2.16. The van der Waals surface area contributed by atoms with Crippen molar-refractivity contribution in [1.29, 1.82) is 0 Å². The lowest BCUT2D eigenvalue weighted by molar-refractivity contribution is 0.477. The summed E-state index contributed by atoms with van der Waals surface area (Å²) in [6.07, 6.45) is 1.88. The molecule has 61 heavy (non-hydrogen) atoms. The highest BCUT2D eigenvalue weighted by Crippen LogP contribution is 2.41. The zero-order valence-corrected chi connectivity index (χ0v) is 36.2. The number of phenolic OH excluding ortho intramolecular Hbond substituents is 1. The van der Waals surface area contributed by atoms with Gasteiger partial charge in [0.1, 0.15) is 5.75 Å². The highest BCUT2D eigenvalue weighted by atomic mass is 32.1. The van der Waals surface area contributed by atoms with Crippen molar-refractivity contribution < 1.29 is 5.11 Å². The van der Waals surface area contributed by atoms with Gasteiger partial charge in [0, 0.05) is 49.6 Å². The van der Waals surface area contributed by atoms with Gasteiger partial charge >= 0.3 is 0 Å². The van der Waals surface area contributed by atoms with Crippen molar-refractivity contribution in [3.63, 3.8) is 0 Å². The summed E-state index contributed by atoms with van der Waals surface area (Å²) in [6.45, 7) is 13.6. The standard InChI is InChI=1S/C56H47N3OS/c1-55(2,3)41-28-39(29-42(34-41)56(4,5)6)40-32-48(58-49(33-40)46-16-8-10-19-52(46)60)36-13-11-14-38(27-36)54-44(17-12-25-57-54)35-20-22-51-47(31-35)45-15-7-9-18-50(45)59(51)43-21-23-53-37(30-43)24-26-61-53/h7-34,60H,1-6H3. The van der Waals surface area contributed by atoms with E-state index >= 15 is 0 Å². The van der Waals surface area contributed by atoms with Crippen LogP contribution in [0.4, 0.5) is 0 Å². The summed E-state index contributed by atoms with van der Waals surface area (Å²) < 4.78 is 3.67. The fourth-order valence-electron chi connectivity index (χ4n) is 8.54. The number of rotatable bonds is 6. The molecule has 4 nitrogen and oxygen atoms in total. The SMILES string of the molecule is CC(C)(C)c1cc(-c2cc(-c3cccc(-c4ncccc4-c4ccc5c(c4)c4ccccc4n5-c4ccc5sccc5c4)c3)nc(-c3ccccc3O)c2)cc(C(C)(C)C)c1. The number of phenols is 1. The van der Waals surface area contributed by atoms with Crippen LogP contribution in [0, 0.1) is 0 Å². The Kier molecular flexibility index (Phi) is 9.26. The molecule has 0 amide bonds. The smallest absolute Gasteiger partial charge is 0.124 e. The summed E-state index contributed by atoms with van der Waals surface area (Å²) >= 11 is 1.77. The van der Waals surface area contributed by atoms with Gasteiger partial charge in [-0.3, -0.25) is 4.98 Å². The van der Waals surface area contributed by atoms with Gasteiger partial charge in [0.15, 0.2) is 0 Å². The molecule has 0 aliphatic carbocycles. The van der Waals surface area contributed by atoms with Crippen LogP contribution in [-0.2, 0) is 10.8 Å². The van der Waals surface area contributed by atoms with Crippen molar-refractivity contribution in [2.45, 2.75) is 52.4 Å². The van der Waals surface area contributed by atoms with Crippen molar-refractivity contribution in [2.75, 3.05) is 0 Å². The monoisotopic (exact) mass is 809 g/mol. The van der Waals surface area contributed by atoms with E-state index in [4.69, 9.17) is 9.97 Å². The molecule has 4 heterocycles. The summed E-state index contributed by atoms with van der Waals surface area (Å²) in [6, 6.07) is 55.9. The number of fused-ring (bicyclic) bond motifs is 4. The van der Waals surface area contributed by atoms with Crippen LogP contribution in [0.2, 0.25) is 0 Å². The Morgan fingerprint density at radius 2 is 1.21 bits per heavy atom. The Bertz CT molecular complexity index is 3270. The fraction of sp³-hybridized carbons (Fsp3) is 0.143. The Morgan fingerprint density at radius 1 is 0.508 bits per heavy atom. The predicted molar refractivity (Wildman–Crippen MR) is 258 cm³/mol. The number of aromatic hydroxyl groups is 1. The van der Waals surface area contributed by atoms with Crippen molar-refractivity contribution in [3.05, 3.63) is 180 Å². The second-order valence-corrected chi connectivity index (χ2v) is 19.1. The average Bonchev–Trinajstić information content (AvgIpc) is 3.88. The van der Waals surface area contributed by atoms with Crippen molar-refractivity contribution >= 4 is 43.2 Å². The molecule has 298 valence electrons. The van der Waals surface area contributed by atoms with Crippen LogP contribution in [0.1, 0.15) is 52.7 Å². The highest BCUT2D eigenvalue weighted by molar-refractivity contribution is 7.17. The molecule has 0 atom stereocenters. The predicted octanol–water partition coefficient (Wildman–Crippen LogP) is 15.4. The summed E-state index contributed by atoms with van der Waals surface area (Å²) in [7, 11) is 0. The number of hydrogen-bond acceptors (Lipinski definition) is 4. The zero-order chi connectivity index (χ0) is 42.0. The molecule has 0 aliphatic heterocycles. The summed E-state index contributed by atoms with van der Waals surface area (Å²) in [5.74, 6) is 0.201. The summed E-state index contributed by atoms with van der Waals surface area (Å²) in [5, 5.41) is 16.9. The molecule has 0 aliphatic rings. The minimum Gasteiger partial charge on any atom is -0.507 e. The molecule has 0 unspecified atom stereocenters. The molecule has 6 aromatic carbocycles. The number of benzene rings is 6. The van der Waals surface area contributed by atoms with Crippen LogP contribution >= 0.6 is 11.3 Å². The van der Waals surface area contributed by atoms with E-state index in [0.717, 1.165) is 56.1 Å². The van der Waals surface area contributed by atoms with E-state index in [1.165, 1.54) is 43.0 Å². The number of aromatic nitrogens is 3. The van der Waals surface area contributed by atoms with E-state index in [1.54, 1.807) is 17.4 Å². The molecule has 0 saturated heterocycles. The second-order valence-electron chi connectivity index (χ2n) is 18.2. The van der Waals surface area contributed by atoms with Crippen LogP contribution in [0.5, 0.6) is 5.75 Å². The van der Waals surface area contributed by atoms with E-state index in [0.29, 0.717) is 5.56 Å². The lowest BCUT2D eigenvalue weighted by atomic mass is 9.79. The van der Waals surface area contributed by atoms with Crippen molar-refractivity contribution in [2.24, 2.45) is 0 Å². The molecular weight excluding hydrogens is 763 g/mol. The number of para-hydroxylation sites is 2. The average molecular weight is 810 g/mol. The minimum absolute atomic E-state index is 0.0400. The highest BCUT2D eigenvalue weighted by Gasteiger charge is 2.23. The van der Waals surface area contributed by atoms with Crippen LogP contribution < -0.4 is 0 Å². The quantitative estimate of drug-likeness (QED) is 0.182. The van der Waals surface area contributed by atoms with Gasteiger partial charge in [-0.25, -0.2) is 4.98 Å². The maximum absolute atomic E-state index is 11.1. The van der Waals surface area contributed by atoms with Gasteiger partial charge < -0.3 is 9.67 Å². The molecule has 10 aromatic rings. The molecule has 0 radical (unpaired) electrons. The van der Waals surface area contributed by atoms with Gasteiger partial charge in [-0.15, -0.1) is 11.3 Å². The fourth-order valence-corrected chi connectivity index (χ4v) is 9.31. The first-order chi connectivity index (χ1) is 29.4. The first-order valence-electron chi connectivity index (χ1n) is 20.9. The van der Waals surface area contributed by atoms with Gasteiger partial charge in [-0.1, -0.05) is 120 Å². The van der Waals surface area contributed by atoms with Crippen molar-refractivity contribution in [1.82, 2.24) is 14.5 Å². The van der Waals surface area contributed by atoms with Crippen LogP contribution in [0.15, 0.2) is 169 Å². The van der Waals surface area contributed by atoms with Crippen LogP contribution in [-0.4, -0.2) is 19.6 Å². The Balaban J connectivity index is 1.10. The van der Waals surface area contributed by atoms with E-state index in [2.05, 4.69) is 179 Å².